The van der Waals surface area contributed by atoms with Crippen molar-refractivity contribution in [2.45, 2.75) is 19.1 Å². The van der Waals surface area contributed by atoms with E-state index < -0.39 is 11.5 Å². The van der Waals surface area contributed by atoms with Crippen LogP contribution >= 0.6 is 0 Å². The smallest absolute Gasteiger partial charge is 0.356 e. The van der Waals surface area contributed by atoms with Crippen molar-refractivity contribution in [3.63, 3.8) is 0 Å². The maximum absolute atomic E-state index is 13.1. The normalized spacial score (nSPS) is 16.3. The number of nitrogens with zero attached hydrogens (tertiary/aromatic N) is 2. The van der Waals surface area contributed by atoms with Crippen LogP contribution in [0.25, 0.3) is 0 Å². The molecule has 0 saturated carbocycles. The molecule has 0 saturated heterocycles. The molecular weight excluding hydrogens is 279 g/mol. The zero-order valence-corrected chi connectivity index (χ0v) is 10.8. The number of hydrogen-bond donors (Lipinski definition) is 1. The number of rotatable bonds is 3. The first-order chi connectivity index (χ1) is 10.0. The van der Waals surface area contributed by atoms with Crippen LogP contribution in [0.5, 0.6) is 5.75 Å². The molecule has 1 aromatic carbocycles. The summed E-state index contributed by atoms with van der Waals surface area (Å²) in [5.74, 6) is -0.980. The number of aromatic nitrogens is 2. The summed E-state index contributed by atoms with van der Waals surface area (Å²) in [6.45, 7) is 0.107. The van der Waals surface area contributed by atoms with E-state index in [2.05, 4.69) is 5.10 Å². The Bertz CT molecular complexity index is 772. The highest BCUT2D eigenvalue weighted by Crippen LogP contribution is 2.29. The Hall–Kier alpha value is -2.70. The van der Waals surface area contributed by atoms with E-state index in [-0.39, 0.29) is 24.2 Å². The van der Waals surface area contributed by atoms with Gasteiger partial charge in [-0.15, -0.1) is 0 Å². The van der Waals surface area contributed by atoms with Gasteiger partial charge in [-0.1, -0.05) is 0 Å². The third-order valence-electron chi connectivity index (χ3n) is 3.23. The van der Waals surface area contributed by atoms with E-state index in [4.69, 9.17) is 9.84 Å². The zero-order valence-electron chi connectivity index (χ0n) is 10.8. The molecule has 1 aromatic heterocycles. The molecule has 1 aliphatic heterocycles. The van der Waals surface area contributed by atoms with Crippen LogP contribution in [0.3, 0.4) is 0 Å². The van der Waals surface area contributed by atoms with E-state index in [1.807, 2.05) is 0 Å². The Morgan fingerprint density at radius 2 is 2.24 bits per heavy atom. The molecule has 0 radical (unpaired) electrons. The summed E-state index contributed by atoms with van der Waals surface area (Å²) in [6.07, 6.45) is 0.0643. The van der Waals surface area contributed by atoms with Crippen LogP contribution in [0.15, 0.2) is 35.1 Å². The van der Waals surface area contributed by atoms with Crippen molar-refractivity contribution in [1.82, 2.24) is 9.78 Å². The fourth-order valence-corrected chi connectivity index (χ4v) is 2.28. The van der Waals surface area contributed by atoms with E-state index in [1.165, 1.54) is 18.2 Å². The molecule has 0 fully saturated rings. The Kier molecular flexibility index (Phi) is 3.17. The molecular formula is C14H11FN2O4. The molecule has 0 amide bonds. The summed E-state index contributed by atoms with van der Waals surface area (Å²) in [4.78, 5) is 22.6. The molecule has 1 unspecified atom stereocenters. The highest BCUT2D eigenvalue weighted by Gasteiger charge is 2.24. The summed E-state index contributed by atoms with van der Waals surface area (Å²) in [5, 5.41) is 12.6. The minimum atomic E-state index is -1.21. The van der Waals surface area contributed by atoms with E-state index in [1.54, 1.807) is 0 Å². The average Bonchev–Trinajstić information content (AvgIpc) is 2.82. The molecule has 7 heteroatoms. The van der Waals surface area contributed by atoms with Gasteiger partial charge in [0.1, 0.15) is 17.7 Å². The number of ether oxygens (including phenoxy) is 1. The van der Waals surface area contributed by atoms with Crippen LogP contribution < -0.4 is 10.3 Å². The maximum atomic E-state index is 13.1. The van der Waals surface area contributed by atoms with Gasteiger partial charge < -0.3 is 9.84 Å². The quantitative estimate of drug-likeness (QED) is 0.915. The zero-order chi connectivity index (χ0) is 15.0. The second kappa shape index (κ2) is 5.01. The Labute approximate surface area is 118 Å². The van der Waals surface area contributed by atoms with Gasteiger partial charge in [0, 0.05) is 18.1 Å². The minimum absolute atomic E-state index is 0.107. The molecule has 6 nitrogen and oxygen atoms in total. The molecule has 2 aromatic rings. The van der Waals surface area contributed by atoms with Gasteiger partial charge in [-0.2, -0.15) is 5.10 Å². The SMILES string of the molecule is O=C(O)c1ccc(=O)n(CC2Cc3cc(F)ccc3O2)n1. The van der Waals surface area contributed by atoms with Gasteiger partial charge in [-0.25, -0.2) is 13.9 Å². The van der Waals surface area contributed by atoms with Crippen molar-refractivity contribution in [1.29, 1.82) is 0 Å². The molecule has 0 aliphatic carbocycles. The third kappa shape index (κ3) is 2.62. The monoisotopic (exact) mass is 290 g/mol. The van der Waals surface area contributed by atoms with Crippen LogP contribution in [0.1, 0.15) is 16.1 Å². The van der Waals surface area contributed by atoms with Crippen molar-refractivity contribution >= 4 is 5.97 Å². The maximum Gasteiger partial charge on any atom is 0.356 e. The van der Waals surface area contributed by atoms with Gasteiger partial charge in [0.25, 0.3) is 5.56 Å². The van der Waals surface area contributed by atoms with E-state index in [0.29, 0.717) is 12.2 Å². The number of hydrogen-bond acceptors (Lipinski definition) is 4. The van der Waals surface area contributed by atoms with Gasteiger partial charge >= 0.3 is 5.97 Å². The van der Waals surface area contributed by atoms with Crippen LogP contribution in [0.4, 0.5) is 4.39 Å². The minimum Gasteiger partial charge on any atom is -0.488 e. The van der Waals surface area contributed by atoms with E-state index >= 15 is 0 Å². The van der Waals surface area contributed by atoms with Gasteiger partial charge in [-0.3, -0.25) is 4.79 Å². The first-order valence-corrected chi connectivity index (χ1v) is 6.29. The summed E-state index contributed by atoms with van der Waals surface area (Å²) < 4.78 is 19.8. The second-order valence-corrected chi connectivity index (χ2v) is 4.74. The lowest BCUT2D eigenvalue weighted by molar-refractivity contribution is 0.0686. The molecule has 1 atom stereocenters. The summed E-state index contributed by atoms with van der Waals surface area (Å²) in [6, 6.07) is 6.53. The largest absolute Gasteiger partial charge is 0.488 e. The Morgan fingerprint density at radius 3 is 3.00 bits per heavy atom. The fourth-order valence-electron chi connectivity index (χ4n) is 2.28. The number of benzene rings is 1. The second-order valence-electron chi connectivity index (χ2n) is 4.74. The van der Waals surface area contributed by atoms with E-state index in [9.17, 15) is 14.0 Å². The van der Waals surface area contributed by atoms with Crippen molar-refractivity contribution in [2.24, 2.45) is 0 Å². The van der Waals surface area contributed by atoms with Crippen molar-refractivity contribution in [3.8, 4) is 5.75 Å². The van der Waals surface area contributed by atoms with Crippen LogP contribution in [0.2, 0.25) is 0 Å². The molecule has 2 heterocycles. The first-order valence-electron chi connectivity index (χ1n) is 6.29. The lowest BCUT2D eigenvalue weighted by Crippen LogP contribution is -2.31. The molecule has 108 valence electrons. The lowest BCUT2D eigenvalue weighted by atomic mass is 10.1. The van der Waals surface area contributed by atoms with Gasteiger partial charge in [0.2, 0.25) is 0 Å². The number of halogens is 1. The molecule has 0 bridgehead atoms. The van der Waals surface area contributed by atoms with Gasteiger partial charge in [-0.05, 0) is 24.3 Å². The predicted octanol–water partition coefficient (Wildman–Crippen LogP) is 1.08. The van der Waals surface area contributed by atoms with Crippen molar-refractivity contribution in [3.05, 3.63) is 57.8 Å². The number of carboxylic acid groups (broad SMARTS) is 1. The first kappa shape index (κ1) is 13.3. The van der Waals surface area contributed by atoms with Crippen LogP contribution in [-0.4, -0.2) is 27.0 Å². The lowest BCUT2D eigenvalue weighted by Gasteiger charge is -2.11. The molecule has 0 spiro atoms. The average molecular weight is 290 g/mol. The number of carboxylic acids is 1. The van der Waals surface area contributed by atoms with Crippen molar-refractivity contribution < 1.29 is 19.0 Å². The molecule has 3 rings (SSSR count). The highest BCUT2D eigenvalue weighted by molar-refractivity contribution is 5.84. The summed E-state index contributed by atoms with van der Waals surface area (Å²) in [7, 11) is 0. The molecule has 1 N–H and O–H groups in total. The van der Waals surface area contributed by atoms with Crippen molar-refractivity contribution in [2.75, 3.05) is 0 Å². The molecule has 1 aliphatic rings. The Morgan fingerprint density at radius 1 is 1.43 bits per heavy atom. The van der Waals surface area contributed by atoms with Gasteiger partial charge in [0.15, 0.2) is 5.69 Å². The third-order valence-corrected chi connectivity index (χ3v) is 3.23. The number of fused-ring (bicyclic) bond motifs is 1. The number of carbonyl (C=O) groups is 1. The van der Waals surface area contributed by atoms with Gasteiger partial charge in [0.05, 0.1) is 6.54 Å². The molecule has 21 heavy (non-hydrogen) atoms. The van der Waals surface area contributed by atoms with Crippen LogP contribution in [0, 0.1) is 5.82 Å². The standard InChI is InChI=1S/C14H11FN2O4/c15-9-1-3-12-8(5-9)6-10(21-12)7-17-13(18)4-2-11(16-17)14(19)20/h1-5,10H,6-7H2,(H,19,20). The highest BCUT2D eigenvalue weighted by atomic mass is 19.1. The summed E-state index contributed by atoms with van der Waals surface area (Å²) >= 11 is 0. The Balaban J connectivity index is 1.81. The number of aromatic carboxylic acids is 1. The predicted molar refractivity (Wildman–Crippen MR) is 70.0 cm³/mol. The summed E-state index contributed by atoms with van der Waals surface area (Å²) in [5.41, 5.74) is 0.101. The van der Waals surface area contributed by atoms with E-state index in [0.717, 1.165) is 22.4 Å². The fraction of sp³-hybridized carbons (Fsp3) is 0.214. The topological polar surface area (TPSA) is 81.4 Å². The van der Waals surface area contributed by atoms with Crippen LogP contribution in [-0.2, 0) is 13.0 Å².